The standard InChI is InChI=1S/C12H24N2O4/c1-8(10(15)14(6)17-7)9(2)13-11(16)18-12(3,4)5/h8-9H,1-7H3,(H,13,16). The largest absolute Gasteiger partial charge is 0.444 e. The minimum absolute atomic E-state index is 0.207. The molecule has 0 aromatic carbocycles. The number of alkyl carbamates (subject to hydrolysis) is 1. The molecule has 0 fully saturated rings. The molecule has 6 nitrogen and oxygen atoms in total. The molecule has 106 valence electrons. The average molecular weight is 260 g/mol. The van der Waals surface area contributed by atoms with Gasteiger partial charge in [-0.15, -0.1) is 0 Å². The number of carbonyl (C=O) groups excluding carboxylic acids is 2. The second-order valence-corrected chi connectivity index (χ2v) is 5.24. The lowest BCUT2D eigenvalue weighted by Gasteiger charge is -2.26. The van der Waals surface area contributed by atoms with Gasteiger partial charge in [0.15, 0.2) is 0 Å². The van der Waals surface area contributed by atoms with Crippen LogP contribution in [-0.2, 0) is 14.4 Å². The van der Waals surface area contributed by atoms with Gasteiger partial charge in [0.2, 0.25) is 0 Å². The summed E-state index contributed by atoms with van der Waals surface area (Å²) in [6, 6.07) is -0.343. The van der Waals surface area contributed by atoms with E-state index in [9.17, 15) is 9.59 Å². The fraction of sp³-hybridized carbons (Fsp3) is 0.833. The van der Waals surface area contributed by atoms with Crippen molar-refractivity contribution in [3.63, 3.8) is 0 Å². The summed E-state index contributed by atoms with van der Waals surface area (Å²) in [5.74, 6) is -0.608. The van der Waals surface area contributed by atoms with Crippen LogP contribution in [0.3, 0.4) is 0 Å². The molecule has 0 spiro atoms. The summed E-state index contributed by atoms with van der Waals surface area (Å²) in [4.78, 5) is 28.1. The Morgan fingerprint density at radius 3 is 2.11 bits per heavy atom. The highest BCUT2D eigenvalue weighted by atomic mass is 16.7. The minimum Gasteiger partial charge on any atom is -0.444 e. The van der Waals surface area contributed by atoms with Crippen molar-refractivity contribution in [1.29, 1.82) is 0 Å². The van der Waals surface area contributed by atoms with Gasteiger partial charge in [0.1, 0.15) is 5.60 Å². The molecule has 0 aliphatic carbocycles. The minimum atomic E-state index is -0.555. The number of amides is 2. The van der Waals surface area contributed by atoms with E-state index in [1.54, 1.807) is 34.6 Å². The quantitative estimate of drug-likeness (QED) is 0.779. The molecule has 2 amide bonds. The first-order valence-corrected chi connectivity index (χ1v) is 5.89. The lowest BCUT2D eigenvalue weighted by Crippen LogP contribution is -2.45. The lowest BCUT2D eigenvalue weighted by molar-refractivity contribution is -0.173. The highest BCUT2D eigenvalue weighted by Gasteiger charge is 2.26. The van der Waals surface area contributed by atoms with E-state index >= 15 is 0 Å². The monoisotopic (exact) mass is 260 g/mol. The fourth-order valence-electron chi connectivity index (χ4n) is 1.21. The summed E-state index contributed by atoms with van der Waals surface area (Å²) in [5, 5.41) is 3.77. The van der Waals surface area contributed by atoms with E-state index in [2.05, 4.69) is 5.32 Å². The average Bonchev–Trinajstić information content (AvgIpc) is 2.22. The van der Waals surface area contributed by atoms with Gasteiger partial charge >= 0.3 is 6.09 Å². The van der Waals surface area contributed by atoms with E-state index < -0.39 is 17.6 Å². The molecule has 6 heteroatoms. The molecular formula is C12H24N2O4. The Bertz CT molecular complexity index is 299. The predicted octanol–water partition coefficient (Wildman–Crippen LogP) is 1.56. The van der Waals surface area contributed by atoms with Crippen LogP contribution in [0.5, 0.6) is 0 Å². The number of nitrogens with one attached hydrogen (secondary N) is 1. The lowest BCUT2D eigenvalue weighted by atomic mass is 10.0. The van der Waals surface area contributed by atoms with Crippen LogP contribution in [0.1, 0.15) is 34.6 Å². The third-order valence-electron chi connectivity index (χ3n) is 2.47. The predicted molar refractivity (Wildman–Crippen MR) is 67.8 cm³/mol. The van der Waals surface area contributed by atoms with E-state index in [0.29, 0.717) is 0 Å². The zero-order chi connectivity index (χ0) is 14.5. The number of nitrogens with zero attached hydrogens (tertiary/aromatic N) is 1. The molecule has 0 aliphatic rings. The van der Waals surface area contributed by atoms with Gasteiger partial charge < -0.3 is 10.1 Å². The number of carbonyl (C=O) groups is 2. The molecule has 1 N–H and O–H groups in total. The molecule has 0 heterocycles. The highest BCUT2D eigenvalue weighted by molar-refractivity contribution is 5.79. The van der Waals surface area contributed by atoms with Crippen LogP contribution >= 0.6 is 0 Å². The van der Waals surface area contributed by atoms with E-state index in [-0.39, 0.29) is 11.9 Å². The van der Waals surface area contributed by atoms with Crippen LogP contribution in [0.4, 0.5) is 4.79 Å². The molecule has 0 aliphatic heterocycles. The first-order chi connectivity index (χ1) is 8.08. The highest BCUT2D eigenvalue weighted by Crippen LogP contribution is 2.10. The van der Waals surface area contributed by atoms with Crippen molar-refractivity contribution in [3.8, 4) is 0 Å². The summed E-state index contributed by atoms with van der Waals surface area (Å²) >= 11 is 0. The fourth-order valence-corrected chi connectivity index (χ4v) is 1.21. The molecule has 0 aromatic heterocycles. The molecule has 0 saturated heterocycles. The first-order valence-electron chi connectivity index (χ1n) is 5.89. The Labute approximate surface area is 109 Å². The van der Waals surface area contributed by atoms with Crippen molar-refractivity contribution in [2.45, 2.75) is 46.3 Å². The number of hydroxylamine groups is 2. The van der Waals surface area contributed by atoms with Crippen LogP contribution in [0.15, 0.2) is 0 Å². The maximum atomic E-state index is 11.8. The molecule has 0 bridgehead atoms. The van der Waals surface area contributed by atoms with Crippen molar-refractivity contribution in [3.05, 3.63) is 0 Å². The normalized spacial score (nSPS) is 14.6. The Kier molecular flexibility index (Phi) is 6.11. The molecule has 0 rings (SSSR count). The summed E-state index contributed by atoms with van der Waals surface area (Å²) in [7, 11) is 2.94. The summed E-state index contributed by atoms with van der Waals surface area (Å²) < 4.78 is 5.12. The first kappa shape index (κ1) is 16.7. The van der Waals surface area contributed by atoms with Crippen LogP contribution in [-0.4, -0.2) is 42.9 Å². The molecule has 0 radical (unpaired) electrons. The van der Waals surface area contributed by atoms with Crippen molar-refractivity contribution in [2.24, 2.45) is 5.92 Å². The van der Waals surface area contributed by atoms with Crippen molar-refractivity contribution < 1.29 is 19.2 Å². The Morgan fingerprint density at radius 2 is 1.72 bits per heavy atom. The summed E-state index contributed by atoms with van der Waals surface area (Å²) in [5.41, 5.74) is -0.555. The zero-order valence-electron chi connectivity index (χ0n) is 12.2. The van der Waals surface area contributed by atoms with Gasteiger partial charge in [0.05, 0.1) is 13.0 Å². The van der Waals surface area contributed by atoms with E-state index in [1.807, 2.05) is 0 Å². The third-order valence-corrected chi connectivity index (χ3v) is 2.47. The summed E-state index contributed by atoms with van der Waals surface area (Å²) in [6.45, 7) is 8.81. The van der Waals surface area contributed by atoms with E-state index in [0.717, 1.165) is 5.06 Å². The van der Waals surface area contributed by atoms with Gasteiger partial charge in [-0.1, -0.05) is 6.92 Å². The smallest absolute Gasteiger partial charge is 0.407 e. The van der Waals surface area contributed by atoms with Crippen molar-refractivity contribution in [1.82, 2.24) is 10.4 Å². The van der Waals surface area contributed by atoms with Gasteiger partial charge in [0.25, 0.3) is 5.91 Å². The summed E-state index contributed by atoms with van der Waals surface area (Å²) in [6.07, 6.45) is -0.533. The number of hydrogen-bond acceptors (Lipinski definition) is 4. The SMILES string of the molecule is CON(C)C(=O)C(C)C(C)NC(=O)OC(C)(C)C. The maximum absolute atomic E-state index is 11.8. The van der Waals surface area contributed by atoms with Crippen molar-refractivity contribution >= 4 is 12.0 Å². The van der Waals surface area contributed by atoms with Gasteiger partial charge in [0, 0.05) is 13.1 Å². The van der Waals surface area contributed by atoms with Crippen LogP contribution in [0.2, 0.25) is 0 Å². The van der Waals surface area contributed by atoms with E-state index in [4.69, 9.17) is 9.57 Å². The molecule has 2 atom stereocenters. The van der Waals surface area contributed by atoms with Gasteiger partial charge in [-0.3, -0.25) is 9.63 Å². The van der Waals surface area contributed by atoms with Gasteiger partial charge in [-0.2, -0.15) is 0 Å². The maximum Gasteiger partial charge on any atom is 0.407 e. The second-order valence-electron chi connectivity index (χ2n) is 5.24. The van der Waals surface area contributed by atoms with E-state index in [1.165, 1.54) is 14.2 Å². The van der Waals surface area contributed by atoms with Gasteiger partial charge in [-0.05, 0) is 27.7 Å². The zero-order valence-corrected chi connectivity index (χ0v) is 12.2. The van der Waals surface area contributed by atoms with Gasteiger partial charge in [-0.25, -0.2) is 9.86 Å². The van der Waals surface area contributed by atoms with Crippen LogP contribution < -0.4 is 5.32 Å². The molecule has 18 heavy (non-hydrogen) atoms. The Morgan fingerprint density at radius 1 is 1.22 bits per heavy atom. The number of hydrogen-bond donors (Lipinski definition) is 1. The Hall–Kier alpha value is -1.30. The molecule has 2 unspecified atom stereocenters. The molecular weight excluding hydrogens is 236 g/mol. The third kappa shape index (κ3) is 5.86. The Balaban J connectivity index is 4.36. The van der Waals surface area contributed by atoms with Crippen LogP contribution in [0, 0.1) is 5.92 Å². The van der Waals surface area contributed by atoms with Crippen molar-refractivity contribution in [2.75, 3.05) is 14.2 Å². The number of ether oxygens (including phenoxy) is 1. The molecule has 0 saturated carbocycles. The number of rotatable bonds is 4. The second kappa shape index (κ2) is 6.58. The van der Waals surface area contributed by atoms with Crippen LogP contribution in [0.25, 0.3) is 0 Å². The topological polar surface area (TPSA) is 67.9 Å². The molecule has 0 aromatic rings.